The average Bonchev–Trinajstić information content (AvgIpc) is 2.63. The highest BCUT2D eigenvalue weighted by atomic mass is 19.1. The lowest BCUT2D eigenvalue weighted by atomic mass is 9.80. The highest BCUT2D eigenvalue weighted by Gasteiger charge is 2.24. The van der Waals surface area contributed by atoms with Crippen LogP contribution in [-0.2, 0) is 6.54 Å². The maximum absolute atomic E-state index is 14.1. The van der Waals surface area contributed by atoms with Crippen molar-refractivity contribution < 1.29 is 23.6 Å². The van der Waals surface area contributed by atoms with Gasteiger partial charge in [-0.2, -0.15) is 0 Å². The van der Waals surface area contributed by atoms with Gasteiger partial charge in [0.25, 0.3) is 5.91 Å². The number of hydrogen-bond acceptors (Lipinski definition) is 4. The number of nitrogens with one attached hydrogen (secondary N) is 1. The van der Waals surface area contributed by atoms with Gasteiger partial charge in [-0.3, -0.25) is 9.69 Å². The number of likely N-dealkylation sites (tertiary alicyclic amines) is 1. The minimum absolute atomic E-state index is 0.0159. The van der Waals surface area contributed by atoms with Crippen molar-refractivity contribution in [2.75, 3.05) is 13.1 Å². The van der Waals surface area contributed by atoms with E-state index < -0.39 is 18.8 Å². The normalized spacial score (nSPS) is 17.6. The van der Waals surface area contributed by atoms with Crippen LogP contribution in [0.25, 0.3) is 0 Å². The summed E-state index contributed by atoms with van der Waals surface area (Å²) in [7, 11) is -1.79. The molecule has 1 atom stereocenters. The molecule has 0 bridgehead atoms. The highest BCUT2D eigenvalue weighted by molar-refractivity contribution is 6.58. The first-order chi connectivity index (χ1) is 12.9. The quantitative estimate of drug-likeness (QED) is 0.684. The third-order valence-electron chi connectivity index (χ3n) is 4.73. The first-order valence-corrected chi connectivity index (χ1v) is 8.86. The third kappa shape index (κ3) is 4.91. The summed E-state index contributed by atoms with van der Waals surface area (Å²) in [5.41, 5.74) is 0.442. The summed E-state index contributed by atoms with van der Waals surface area (Å²) in [5, 5.41) is 20.9. The molecule has 0 aromatic heterocycles. The maximum atomic E-state index is 14.1. The fourth-order valence-corrected chi connectivity index (χ4v) is 3.32. The lowest BCUT2D eigenvalue weighted by Gasteiger charge is -2.33. The summed E-state index contributed by atoms with van der Waals surface area (Å²) in [6.45, 7) is 1.81. The van der Waals surface area contributed by atoms with E-state index in [9.17, 15) is 13.6 Å². The van der Waals surface area contributed by atoms with Gasteiger partial charge in [-0.05, 0) is 43.0 Å². The number of halogens is 2. The molecule has 1 aliphatic rings. The Morgan fingerprint density at radius 1 is 1.19 bits per heavy atom. The van der Waals surface area contributed by atoms with Gasteiger partial charge in [0.05, 0.1) is 5.56 Å². The Kier molecular flexibility index (Phi) is 6.21. The molecule has 2 aromatic carbocycles. The van der Waals surface area contributed by atoms with Gasteiger partial charge in [-0.15, -0.1) is 0 Å². The Morgan fingerprint density at radius 2 is 1.96 bits per heavy atom. The number of carbonyl (C=O) groups excluding carboxylic acids is 1. The molecule has 1 saturated heterocycles. The lowest BCUT2D eigenvalue weighted by molar-refractivity contribution is 0.0896. The summed E-state index contributed by atoms with van der Waals surface area (Å²) in [6, 6.07) is 9.90. The molecule has 0 unspecified atom stereocenters. The summed E-state index contributed by atoms with van der Waals surface area (Å²) >= 11 is 0. The van der Waals surface area contributed by atoms with Crippen molar-refractivity contribution in [2.45, 2.75) is 25.4 Å². The second-order valence-electron chi connectivity index (χ2n) is 6.75. The molecule has 142 valence electrons. The van der Waals surface area contributed by atoms with Crippen molar-refractivity contribution >= 4 is 18.5 Å². The van der Waals surface area contributed by atoms with Crippen LogP contribution in [0.3, 0.4) is 0 Å². The summed E-state index contributed by atoms with van der Waals surface area (Å²) in [4.78, 5) is 14.4. The van der Waals surface area contributed by atoms with Gasteiger partial charge >= 0.3 is 7.12 Å². The molecule has 1 fully saturated rings. The predicted octanol–water partition coefficient (Wildman–Crippen LogP) is 1.04. The summed E-state index contributed by atoms with van der Waals surface area (Å²) in [5.74, 6) is -1.61. The lowest BCUT2D eigenvalue weighted by Crippen LogP contribution is -2.47. The van der Waals surface area contributed by atoms with Crippen LogP contribution >= 0.6 is 0 Å². The van der Waals surface area contributed by atoms with Crippen molar-refractivity contribution in [3.63, 3.8) is 0 Å². The topological polar surface area (TPSA) is 72.8 Å². The summed E-state index contributed by atoms with van der Waals surface area (Å²) in [6.07, 6.45) is 1.60. The number of rotatable bonds is 5. The van der Waals surface area contributed by atoms with Gasteiger partial charge in [0.15, 0.2) is 0 Å². The summed E-state index contributed by atoms with van der Waals surface area (Å²) < 4.78 is 27.9. The van der Waals surface area contributed by atoms with E-state index in [0.29, 0.717) is 18.7 Å². The fraction of sp³-hybridized carbons (Fsp3) is 0.316. The zero-order valence-corrected chi connectivity index (χ0v) is 14.7. The predicted molar refractivity (Wildman–Crippen MR) is 98.4 cm³/mol. The van der Waals surface area contributed by atoms with E-state index in [4.69, 9.17) is 10.0 Å². The first-order valence-electron chi connectivity index (χ1n) is 8.86. The van der Waals surface area contributed by atoms with Gasteiger partial charge in [0, 0.05) is 24.7 Å². The van der Waals surface area contributed by atoms with E-state index in [1.165, 1.54) is 18.2 Å². The Balaban J connectivity index is 1.62. The zero-order valence-electron chi connectivity index (χ0n) is 14.7. The van der Waals surface area contributed by atoms with Gasteiger partial charge in [-0.25, -0.2) is 8.78 Å². The number of benzene rings is 2. The van der Waals surface area contributed by atoms with E-state index in [1.54, 1.807) is 18.2 Å². The van der Waals surface area contributed by atoms with Crippen LogP contribution in [-0.4, -0.2) is 47.1 Å². The van der Waals surface area contributed by atoms with Crippen LogP contribution in [0.1, 0.15) is 28.8 Å². The van der Waals surface area contributed by atoms with Crippen LogP contribution in [0, 0.1) is 11.6 Å². The molecule has 3 rings (SSSR count). The van der Waals surface area contributed by atoms with Gasteiger partial charge in [0.2, 0.25) is 0 Å². The molecular weight excluding hydrogens is 353 g/mol. The number of nitrogens with zero attached hydrogens (tertiary/aromatic N) is 1. The maximum Gasteiger partial charge on any atom is 0.488 e. The van der Waals surface area contributed by atoms with Crippen LogP contribution in [0.5, 0.6) is 0 Å². The minimum Gasteiger partial charge on any atom is -0.423 e. The van der Waals surface area contributed by atoms with Gasteiger partial charge in [0.1, 0.15) is 11.6 Å². The average molecular weight is 374 g/mol. The standard InChI is InChI=1S/C19H21BF2N2O3/c21-17-6-2-1-4-13(17)11-24-9-3-5-15(12-24)23-19(25)16-8-7-14(20(26)27)10-18(16)22/h1-2,4,6-8,10,15,26-27H,3,5,9,11-12H2,(H,23,25)/t15-/m1/s1. The number of carbonyl (C=O) groups is 1. The molecule has 0 spiro atoms. The molecule has 3 N–H and O–H groups in total. The van der Waals surface area contributed by atoms with Crippen molar-refractivity contribution in [2.24, 2.45) is 0 Å². The van der Waals surface area contributed by atoms with E-state index >= 15 is 0 Å². The molecule has 5 nitrogen and oxygen atoms in total. The second-order valence-corrected chi connectivity index (χ2v) is 6.75. The highest BCUT2D eigenvalue weighted by Crippen LogP contribution is 2.16. The number of hydrogen-bond donors (Lipinski definition) is 3. The Labute approximate surface area is 156 Å². The molecule has 2 aromatic rings. The van der Waals surface area contributed by atoms with E-state index in [2.05, 4.69) is 10.2 Å². The molecule has 0 radical (unpaired) electrons. The Bertz CT molecular complexity index is 819. The van der Waals surface area contributed by atoms with Crippen LogP contribution in [0.2, 0.25) is 0 Å². The Morgan fingerprint density at radius 3 is 2.67 bits per heavy atom. The van der Waals surface area contributed by atoms with Gasteiger partial charge in [-0.1, -0.05) is 24.3 Å². The smallest absolute Gasteiger partial charge is 0.423 e. The van der Waals surface area contributed by atoms with E-state index in [0.717, 1.165) is 25.5 Å². The molecule has 1 aliphatic heterocycles. The van der Waals surface area contributed by atoms with Crippen LogP contribution in [0.4, 0.5) is 8.78 Å². The number of amides is 1. The Hall–Kier alpha value is -2.29. The van der Waals surface area contributed by atoms with Crippen molar-refractivity contribution in [3.8, 4) is 0 Å². The van der Waals surface area contributed by atoms with E-state index in [1.807, 2.05) is 0 Å². The molecule has 0 saturated carbocycles. The molecule has 8 heteroatoms. The fourth-order valence-electron chi connectivity index (χ4n) is 3.32. The molecular formula is C19H21BF2N2O3. The third-order valence-corrected chi connectivity index (χ3v) is 4.73. The largest absolute Gasteiger partial charge is 0.488 e. The zero-order chi connectivity index (χ0) is 19.4. The van der Waals surface area contributed by atoms with Gasteiger partial charge < -0.3 is 15.4 Å². The van der Waals surface area contributed by atoms with Crippen molar-refractivity contribution in [1.29, 1.82) is 0 Å². The van der Waals surface area contributed by atoms with Crippen LogP contribution < -0.4 is 10.8 Å². The minimum atomic E-state index is -1.79. The number of piperidine rings is 1. The molecule has 27 heavy (non-hydrogen) atoms. The molecule has 1 amide bonds. The van der Waals surface area contributed by atoms with Crippen molar-refractivity contribution in [3.05, 3.63) is 65.2 Å². The van der Waals surface area contributed by atoms with Crippen molar-refractivity contribution in [1.82, 2.24) is 10.2 Å². The second kappa shape index (κ2) is 8.60. The van der Waals surface area contributed by atoms with Crippen LogP contribution in [0.15, 0.2) is 42.5 Å². The molecule has 0 aliphatic carbocycles. The SMILES string of the molecule is O=C(N[C@@H]1CCCN(Cc2ccccc2F)C1)c1ccc(B(O)O)cc1F. The monoisotopic (exact) mass is 374 g/mol. The van der Waals surface area contributed by atoms with E-state index in [-0.39, 0.29) is 22.9 Å². The first kappa shape index (κ1) is 19.5. The molecule has 1 heterocycles.